The molecule has 0 bridgehead atoms. The maximum Gasteiger partial charge on any atom is 0.234 e. The van der Waals surface area contributed by atoms with Gasteiger partial charge in [-0.1, -0.05) is 30.7 Å². The zero-order valence-corrected chi connectivity index (χ0v) is 13.9. The molecule has 0 saturated carbocycles. The van der Waals surface area contributed by atoms with E-state index >= 15 is 0 Å². The molecule has 1 aliphatic heterocycles. The normalized spacial score (nSPS) is 18.6. The fraction of sp³-hybridized carbons (Fsp3) is 0.474. The number of para-hydroxylation sites is 1. The Balaban J connectivity index is 1.51. The van der Waals surface area contributed by atoms with E-state index in [1.165, 1.54) is 0 Å². The number of carbonyl (C=O) groups excluding carboxylic acids is 1. The summed E-state index contributed by atoms with van der Waals surface area (Å²) in [7, 11) is 0. The van der Waals surface area contributed by atoms with Gasteiger partial charge in [0.15, 0.2) is 0 Å². The van der Waals surface area contributed by atoms with E-state index in [1.807, 2.05) is 12.1 Å². The van der Waals surface area contributed by atoms with Crippen LogP contribution in [-0.2, 0) is 11.2 Å². The average Bonchev–Trinajstić information content (AvgIpc) is 2.62. The first-order chi connectivity index (χ1) is 11.8. The third-order valence-electron chi connectivity index (χ3n) is 4.74. The molecule has 3 rings (SSSR count). The zero-order chi connectivity index (χ0) is 16.8. The van der Waals surface area contributed by atoms with E-state index in [0.29, 0.717) is 13.1 Å². The predicted octanol–water partition coefficient (Wildman–Crippen LogP) is 1.74. The van der Waals surface area contributed by atoms with Crippen molar-refractivity contribution in [3.05, 3.63) is 42.1 Å². The number of rotatable bonds is 6. The summed E-state index contributed by atoms with van der Waals surface area (Å²) in [5.74, 6) is 0.0311. The Morgan fingerprint density at radius 3 is 3.04 bits per heavy atom. The molecule has 0 spiro atoms. The fourth-order valence-corrected chi connectivity index (χ4v) is 3.42. The van der Waals surface area contributed by atoms with Gasteiger partial charge in [-0.15, -0.1) is 0 Å². The van der Waals surface area contributed by atoms with Crippen LogP contribution in [0, 0.1) is 0 Å². The highest BCUT2D eigenvalue weighted by Gasteiger charge is 2.23. The number of likely N-dealkylation sites (tertiary alicyclic amines) is 1. The number of aliphatic hydroxyl groups is 1. The molecule has 0 radical (unpaired) electrons. The number of benzene rings is 1. The van der Waals surface area contributed by atoms with Crippen molar-refractivity contribution in [3.8, 4) is 0 Å². The molecule has 2 heterocycles. The number of carbonyl (C=O) groups is 1. The van der Waals surface area contributed by atoms with E-state index in [-0.39, 0.29) is 18.6 Å². The number of pyridine rings is 1. The maximum atomic E-state index is 12.2. The molecule has 2 aromatic rings. The lowest BCUT2D eigenvalue weighted by Gasteiger charge is -2.33. The largest absolute Gasteiger partial charge is 0.395 e. The number of nitrogens with zero attached hydrogens (tertiary/aromatic N) is 2. The van der Waals surface area contributed by atoms with Crippen LogP contribution >= 0.6 is 0 Å². The standard InChI is InChI=1S/C19H25N3O2/c23-14-17-8-1-2-12-22(17)13-18(24)20-11-9-16-6-3-5-15-7-4-10-21-19(15)16/h3-7,10,17,23H,1-2,8-9,11-14H2,(H,20,24). The third-order valence-corrected chi connectivity index (χ3v) is 4.74. The molecule has 1 aromatic heterocycles. The summed E-state index contributed by atoms with van der Waals surface area (Å²) >= 11 is 0. The fourth-order valence-electron chi connectivity index (χ4n) is 3.42. The number of fused-ring (bicyclic) bond motifs is 1. The van der Waals surface area contributed by atoms with Gasteiger partial charge in [0.2, 0.25) is 5.91 Å². The summed E-state index contributed by atoms with van der Waals surface area (Å²) in [5.41, 5.74) is 2.16. The molecular formula is C19H25N3O2. The highest BCUT2D eigenvalue weighted by atomic mass is 16.3. The number of hydrogen-bond acceptors (Lipinski definition) is 4. The van der Waals surface area contributed by atoms with Crippen LogP contribution in [0.15, 0.2) is 36.5 Å². The van der Waals surface area contributed by atoms with Crippen LogP contribution < -0.4 is 5.32 Å². The Kier molecular flexibility index (Phi) is 5.77. The Hall–Kier alpha value is -1.98. The van der Waals surface area contributed by atoms with Gasteiger partial charge in [-0.05, 0) is 37.4 Å². The van der Waals surface area contributed by atoms with Gasteiger partial charge in [0.05, 0.1) is 18.7 Å². The molecule has 128 valence electrons. The first-order valence-corrected chi connectivity index (χ1v) is 8.72. The van der Waals surface area contributed by atoms with Gasteiger partial charge < -0.3 is 10.4 Å². The SMILES string of the molecule is O=C(CN1CCCCC1CO)NCCc1cccc2cccnc12. The van der Waals surface area contributed by atoms with Crippen molar-refractivity contribution in [3.63, 3.8) is 0 Å². The smallest absolute Gasteiger partial charge is 0.234 e. The summed E-state index contributed by atoms with van der Waals surface area (Å²) in [4.78, 5) is 18.7. The lowest BCUT2D eigenvalue weighted by atomic mass is 10.0. The van der Waals surface area contributed by atoms with Gasteiger partial charge in [0.1, 0.15) is 0 Å². The summed E-state index contributed by atoms with van der Waals surface area (Å²) < 4.78 is 0. The monoisotopic (exact) mass is 327 g/mol. The van der Waals surface area contributed by atoms with Crippen LogP contribution in [0.25, 0.3) is 10.9 Å². The molecule has 1 amide bonds. The Labute approximate surface area is 142 Å². The highest BCUT2D eigenvalue weighted by molar-refractivity contribution is 5.81. The highest BCUT2D eigenvalue weighted by Crippen LogP contribution is 2.17. The van der Waals surface area contributed by atoms with E-state index < -0.39 is 0 Å². The number of hydrogen-bond donors (Lipinski definition) is 2. The number of piperidine rings is 1. The number of aromatic nitrogens is 1. The molecule has 1 aromatic carbocycles. The van der Waals surface area contributed by atoms with Crippen molar-refractivity contribution in [1.29, 1.82) is 0 Å². The third kappa shape index (κ3) is 4.10. The van der Waals surface area contributed by atoms with E-state index in [0.717, 1.165) is 48.7 Å². The molecule has 5 heteroatoms. The quantitative estimate of drug-likeness (QED) is 0.848. The topological polar surface area (TPSA) is 65.5 Å². The first-order valence-electron chi connectivity index (χ1n) is 8.72. The van der Waals surface area contributed by atoms with Gasteiger partial charge in [0.25, 0.3) is 0 Å². The molecular weight excluding hydrogens is 302 g/mol. The van der Waals surface area contributed by atoms with Gasteiger partial charge in [-0.25, -0.2) is 0 Å². The molecule has 24 heavy (non-hydrogen) atoms. The van der Waals surface area contributed by atoms with Gasteiger partial charge in [0, 0.05) is 24.2 Å². The Morgan fingerprint density at radius 1 is 1.29 bits per heavy atom. The van der Waals surface area contributed by atoms with Crippen molar-refractivity contribution in [2.24, 2.45) is 0 Å². The summed E-state index contributed by atoms with van der Waals surface area (Å²) in [5, 5.41) is 13.5. The minimum absolute atomic E-state index is 0.0311. The van der Waals surface area contributed by atoms with Crippen LogP contribution in [0.2, 0.25) is 0 Å². The van der Waals surface area contributed by atoms with Crippen LogP contribution in [0.1, 0.15) is 24.8 Å². The molecule has 1 atom stereocenters. The van der Waals surface area contributed by atoms with E-state index in [4.69, 9.17) is 0 Å². The van der Waals surface area contributed by atoms with Gasteiger partial charge in [-0.3, -0.25) is 14.7 Å². The van der Waals surface area contributed by atoms with Gasteiger partial charge in [-0.2, -0.15) is 0 Å². The molecule has 1 fully saturated rings. The average molecular weight is 327 g/mol. The minimum atomic E-state index is 0.0311. The van der Waals surface area contributed by atoms with Crippen LogP contribution in [0.4, 0.5) is 0 Å². The summed E-state index contributed by atoms with van der Waals surface area (Å²) in [6.45, 7) is 2.01. The molecule has 2 N–H and O–H groups in total. The number of nitrogens with one attached hydrogen (secondary N) is 1. The molecule has 0 aliphatic carbocycles. The van der Waals surface area contributed by atoms with Crippen LogP contribution in [0.3, 0.4) is 0 Å². The number of amides is 1. The summed E-state index contributed by atoms with van der Waals surface area (Å²) in [6.07, 6.45) is 5.79. The lowest BCUT2D eigenvalue weighted by Crippen LogP contribution is -2.47. The molecule has 1 aliphatic rings. The maximum absolute atomic E-state index is 12.2. The Bertz CT molecular complexity index is 684. The predicted molar refractivity (Wildman–Crippen MR) is 94.8 cm³/mol. The van der Waals surface area contributed by atoms with Gasteiger partial charge >= 0.3 is 0 Å². The van der Waals surface area contributed by atoms with E-state index in [2.05, 4.69) is 33.4 Å². The Morgan fingerprint density at radius 2 is 2.17 bits per heavy atom. The first kappa shape index (κ1) is 16.9. The van der Waals surface area contributed by atoms with Crippen LogP contribution in [-0.4, -0.2) is 53.2 Å². The minimum Gasteiger partial charge on any atom is -0.395 e. The van der Waals surface area contributed by atoms with Crippen molar-refractivity contribution >= 4 is 16.8 Å². The summed E-state index contributed by atoms with van der Waals surface area (Å²) in [6, 6.07) is 10.3. The van der Waals surface area contributed by atoms with Crippen LogP contribution in [0.5, 0.6) is 0 Å². The van der Waals surface area contributed by atoms with E-state index in [9.17, 15) is 9.90 Å². The molecule has 1 saturated heterocycles. The lowest BCUT2D eigenvalue weighted by molar-refractivity contribution is -0.123. The second kappa shape index (κ2) is 8.22. The van der Waals surface area contributed by atoms with Crippen molar-refractivity contribution in [2.45, 2.75) is 31.7 Å². The zero-order valence-electron chi connectivity index (χ0n) is 13.9. The number of aliphatic hydroxyl groups excluding tert-OH is 1. The van der Waals surface area contributed by atoms with Crippen molar-refractivity contribution < 1.29 is 9.90 Å². The van der Waals surface area contributed by atoms with E-state index in [1.54, 1.807) is 6.20 Å². The van der Waals surface area contributed by atoms with Crippen molar-refractivity contribution in [2.75, 3.05) is 26.2 Å². The van der Waals surface area contributed by atoms with Crippen molar-refractivity contribution in [1.82, 2.24) is 15.2 Å². The second-order valence-corrected chi connectivity index (χ2v) is 6.39. The molecule has 5 nitrogen and oxygen atoms in total. The second-order valence-electron chi connectivity index (χ2n) is 6.39. The molecule has 1 unspecified atom stereocenters.